The summed E-state index contributed by atoms with van der Waals surface area (Å²) >= 11 is 0. The van der Waals surface area contributed by atoms with Crippen LogP contribution in [-0.4, -0.2) is 32.6 Å². The Labute approximate surface area is 113 Å². The molecule has 0 atom stereocenters. The van der Waals surface area contributed by atoms with Gasteiger partial charge in [-0.3, -0.25) is 20.2 Å². The van der Waals surface area contributed by atoms with Crippen molar-refractivity contribution in [2.24, 2.45) is 7.05 Å². The Morgan fingerprint density at radius 2 is 2.20 bits per heavy atom. The minimum atomic E-state index is -0.620. The van der Waals surface area contributed by atoms with Crippen LogP contribution in [0.4, 0.5) is 17.3 Å². The van der Waals surface area contributed by atoms with E-state index in [0.717, 1.165) is 0 Å². The first-order valence-electron chi connectivity index (χ1n) is 5.64. The third-order valence-corrected chi connectivity index (χ3v) is 2.66. The van der Waals surface area contributed by atoms with Gasteiger partial charge in [0.25, 0.3) is 11.6 Å². The monoisotopic (exact) mass is 276 g/mol. The zero-order valence-corrected chi connectivity index (χ0v) is 10.8. The van der Waals surface area contributed by atoms with Crippen molar-refractivity contribution >= 4 is 23.2 Å². The van der Waals surface area contributed by atoms with Gasteiger partial charge in [-0.2, -0.15) is 10.1 Å². The summed E-state index contributed by atoms with van der Waals surface area (Å²) in [5, 5.41) is 20.1. The third kappa shape index (κ3) is 2.55. The van der Waals surface area contributed by atoms with Crippen molar-refractivity contribution in [3.8, 4) is 0 Å². The number of hydrogen-bond donors (Lipinski definition) is 2. The maximum atomic E-state index is 12.1. The van der Waals surface area contributed by atoms with E-state index < -0.39 is 10.8 Å². The molecular weight excluding hydrogens is 264 g/mol. The molecule has 9 heteroatoms. The molecule has 0 unspecified atom stereocenters. The number of benzene rings is 1. The molecule has 0 radical (unpaired) electrons. The van der Waals surface area contributed by atoms with E-state index >= 15 is 0 Å². The van der Waals surface area contributed by atoms with E-state index in [9.17, 15) is 14.9 Å². The second-order valence-electron chi connectivity index (χ2n) is 3.90. The number of carbonyl (C=O) groups excluding carboxylic acids is 1. The molecule has 1 heterocycles. The van der Waals surface area contributed by atoms with E-state index in [1.165, 1.54) is 29.2 Å². The van der Waals surface area contributed by atoms with Crippen LogP contribution >= 0.6 is 0 Å². The van der Waals surface area contributed by atoms with E-state index in [-0.39, 0.29) is 17.2 Å². The largest absolute Gasteiger partial charge is 0.388 e. The van der Waals surface area contributed by atoms with Crippen molar-refractivity contribution in [2.45, 2.75) is 0 Å². The summed E-state index contributed by atoms with van der Waals surface area (Å²) in [6.07, 6.45) is 1.27. The first kappa shape index (κ1) is 13.5. The van der Waals surface area contributed by atoms with Gasteiger partial charge in [0.15, 0.2) is 0 Å². The van der Waals surface area contributed by atoms with Crippen molar-refractivity contribution in [1.29, 1.82) is 0 Å². The molecule has 1 aromatic heterocycles. The zero-order chi connectivity index (χ0) is 14.7. The van der Waals surface area contributed by atoms with E-state index in [1.54, 1.807) is 14.1 Å². The maximum Gasteiger partial charge on any atom is 0.282 e. The summed E-state index contributed by atoms with van der Waals surface area (Å²) in [5.41, 5.74) is 0.271. The highest BCUT2D eigenvalue weighted by Crippen LogP contribution is 2.23. The highest BCUT2D eigenvalue weighted by atomic mass is 16.6. The summed E-state index contributed by atoms with van der Waals surface area (Å²) in [7, 11) is 3.26. The molecule has 0 aliphatic rings. The third-order valence-electron chi connectivity index (χ3n) is 2.66. The molecule has 20 heavy (non-hydrogen) atoms. The average Bonchev–Trinajstić information content (AvgIpc) is 2.83. The molecule has 0 fully saturated rings. The lowest BCUT2D eigenvalue weighted by Gasteiger charge is -2.07. The van der Waals surface area contributed by atoms with Crippen molar-refractivity contribution < 1.29 is 9.72 Å². The molecule has 0 bridgehead atoms. The van der Waals surface area contributed by atoms with Crippen LogP contribution in [-0.2, 0) is 7.05 Å². The smallest absolute Gasteiger partial charge is 0.282 e. The predicted octanol–water partition coefficient (Wildman–Crippen LogP) is 1.02. The number of carbonyl (C=O) groups is 1. The van der Waals surface area contributed by atoms with E-state index in [2.05, 4.69) is 20.7 Å². The fourth-order valence-electron chi connectivity index (χ4n) is 1.61. The minimum absolute atomic E-state index is 0.0511. The van der Waals surface area contributed by atoms with Crippen LogP contribution in [0.2, 0.25) is 0 Å². The van der Waals surface area contributed by atoms with Gasteiger partial charge in [0.05, 0.1) is 4.92 Å². The van der Waals surface area contributed by atoms with Crippen molar-refractivity contribution in [3.63, 3.8) is 0 Å². The van der Waals surface area contributed by atoms with Crippen LogP contribution in [0.3, 0.4) is 0 Å². The first-order valence-corrected chi connectivity index (χ1v) is 5.64. The number of nitrogens with one attached hydrogen (secondary N) is 2. The second kappa shape index (κ2) is 5.34. The molecule has 104 valence electrons. The Bertz CT molecular complexity index is 666. The molecule has 0 saturated heterocycles. The van der Waals surface area contributed by atoms with Gasteiger partial charge in [-0.1, -0.05) is 0 Å². The van der Waals surface area contributed by atoms with E-state index in [0.29, 0.717) is 5.69 Å². The normalized spacial score (nSPS) is 10.1. The Morgan fingerprint density at radius 1 is 1.45 bits per heavy atom. The van der Waals surface area contributed by atoms with E-state index in [4.69, 9.17) is 0 Å². The molecule has 9 nitrogen and oxygen atoms in total. The number of nitro groups is 1. The summed E-state index contributed by atoms with van der Waals surface area (Å²) in [6, 6.07) is 4.21. The second-order valence-corrected chi connectivity index (χ2v) is 3.90. The Balaban J connectivity index is 2.37. The van der Waals surface area contributed by atoms with Crippen LogP contribution in [0.1, 0.15) is 10.4 Å². The molecule has 2 aromatic rings. The van der Waals surface area contributed by atoms with Gasteiger partial charge in [-0.25, -0.2) is 4.68 Å². The SMILES string of the molecule is CNc1ccc([N+](=O)[O-])c(C(=O)Nc2ncnn2C)c1. The number of hydrogen-bond acceptors (Lipinski definition) is 6. The minimum Gasteiger partial charge on any atom is -0.388 e. The number of aromatic nitrogens is 3. The summed E-state index contributed by atoms with van der Waals surface area (Å²) < 4.78 is 1.35. The number of anilines is 2. The van der Waals surface area contributed by atoms with Gasteiger partial charge in [-0.15, -0.1) is 0 Å². The van der Waals surface area contributed by atoms with Gasteiger partial charge >= 0.3 is 0 Å². The van der Waals surface area contributed by atoms with Gasteiger partial charge in [-0.05, 0) is 12.1 Å². The summed E-state index contributed by atoms with van der Waals surface area (Å²) in [5.74, 6) is -0.413. The van der Waals surface area contributed by atoms with Crippen LogP contribution in [0, 0.1) is 10.1 Å². The van der Waals surface area contributed by atoms with Crippen LogP contribution < -0.4 is 10.6 Å². The van der Waals surface area contributed by atoms with Crippen molar-refractivity contribution in [1.82, 2.24) is 14.8 Å². The summed E-state index contributed by atoms with van der Waals surface area (Å²) in [4.78, 5) is 26.3. The quantitative estimate of drug-likeness (QED) is 0.636. The van der Waals surface area contributed by atoms with E-state index in [1.807, 2.05) is 0 Å². The Hall–Kier alpha value is -2.97. The first-order chi connectivity index (χ1) is 9.52. The number of nitrogens with zero attached hydrogens (tertiary/aromatic N) is 4. The molecule has 0 spiro atoms. The number of rotatable bonds is 4. The molecule has 0 saturated carbocycles. The molecule has 1 amide bonds. The Kier molecular flexibility index (Phi) is 3.60. The van der Waals surface area contributed by atoms with Gasteiger partial charge in [0, 0.05) is 25.8 Å². The average molecular weight is 276 g/mol. The molecule has 0 aliphatic carbocycles. The fraction of sp³-hybridized carbons (Fsp3) is 0.182. The standard InChI is InChI=1S/C11H12N6O3/c1-12-7-3-4-9(17(19)20)8(5-7)10(18)15-11-13-6-14-16(11)2/h3-6,12H,1-2H3,(H,13,14,15,18). The molecule has 2 N–H and O–H groups in total. The predicted molar refractivity (Wildman–Crippen MR) is 71.6 cm³/mol. The lowest BCUT2D eigenvalue weighted by Crippen LogP contribution is -2.17. The van der Waals surface area contributed by atoms with Gasteiger partial charge in [0.2, 0.25) is 5.95 Å². The number of amides is 1. The maximum absolute atomic E-state index is 12.1. The zero-order valence-electron chi connectivity index (χ0n) is 10.8. The lowest BCUT2D eigenvalue weighted by atomic mass is 10.1. The lowest BCUT2D eigenvalue weighted by molar-refractivity contribution is -0.385. The summed E-state index contributed by atoms with van der Waals surface area (Å²) in [6.45, 7) is 0. The Morgan fingerprint density at radius 3 is 2.75 bits per heavy atom. The molecule has 1 aromatic carbocycles. The van der Waals surface area contributed by atoms with Crippen LogP contribution in [0.25, 0.3) is 0 Å². The highest BCUT2D eigenvalue weighted by Gasteiger charge is 2.21. The van der Waals surface area contributed by atoms with Crippen LogP contribution in [0.15, 0.2) is 24.5 Å². The molecular formula is C11H12N6O3. The molecule has 2 rings (SSSR count). The van der Waals surface area contributed by atoms with Gasteiger partial charge < -0.3 is 5.32 Å². The highest BCUT2D eigenvalue weighted by molar-refractivity contribution is 6.06. The van der Waals surface area contributed by atoms with Crippen LogP contribution in [0.5, 0.6) is 0 Å². The van der Waals surface area contributed by atoms with Gasteiger partial charge in [0.1, 0.15) is 11.9 Å². The fourth-order valence-corrected chi connectivity index (χ4v) is 1.61. The number of nitro benzene ring substituents is 1. The van der Waals surface area contributed by atoms with Crippen molar-refractivity contribution in [2.75, 3.05) is 17.7 Å². The number of aryl methyl sites for hydroxylation is 1. The van der Waals surface area contributed by atoms with Crippen molar-refractivity contribution in [3.05, 3.63) is 40.2 Å². The topological polar surface area (TPSA) is 115 Å². The molecule has 0 aliphatic heterocycles.